The molecule has 1 heterocycles. The number of rotatable bonds is 3. The van der Waals surface area contributed by atoms with Gasteiger partial charge in [0.05, 0.1) is 0 Å². The van der Waals surface area contributed by atoms with Crippen LogP contribution in [0.1, 0.15) is 11.1 Å². The van der Waals surface area contributed by atoms with Crippen LogP contribution < -0.4 is 4.74 Å². The number of aromatic nitrogens is 1. The summed E-state index contributed by atoms with van der Waals surface area (Å²) in [5.74, 6) is -0.326. The lowest BCUT2D eigenvalue weighted by Gasteiger charge is -2.07. The molecule has 0 radical (unpaired) electrons. The highest BCUT2D eigenvalue weighted by Gasteiger charge is 2.08. The molecule has 2 aromatic rings. The molecule has 0 aliphatic carbocycles. The summed E-state index contributed by atoms with van der Waals surface area (Å²) >= 11 is 0. The number of nitriles is 1. The predicted octanol–water partition coefficient (Wildman–Crippen LogP) is 2.67. The van der Waals surface area contributed by atoms with Gasteiger partial charge in [-0.25, -0.2) is 4.39 Å². The third-order valence-corrected chi connectivity index (χ3v) is 2.20. The Bertz CT molecular complexity index is 549. The van der Waals surface area contributed by atoms with E-state index in [-0.39, 0.29) is 17.9 Å². The van der Waals surface area contributed by atoms with Gasteiger partial charge in [-0.2, -0.15) is 5.26 Å². The van der Waals surface area contributed by atoms with Crippen molar-refractivity contribution in [1.82, 2.24) is 4.98 Å². The maximum atomic E-state index is 13.3. The van der Waals surface area contributed by atoms with Crippen LogP contribution in [0.3, 0.4) is 0 Å². The van der Waals surface area contributed by atoms with E-state index in [0.29, 0.717) is 0 Å². The van der Waals surface area contributed by atoms with Gasteiger partial charge in [0.2, 0.25) is 0 Å². The Labute approximate surface area is 98.1 Å². The molecule has 84 valence electrons. The van der Waals surface area contributed by atoms with E-state index in [0.717, 1.165) is 5.56 Å². The summed E-state index contributed by atoms with van der Waals surface area (Å²) in [7, 11) is 0. The van der Waals surface area contributed by atoms with Gasteiger partial charge in [-0.05, 0) is 18.2 Å². The molecule has 0 amide bonds. The maximum Gasteiger partial charge on any atom is 0.144 e. The van der Waals surface area contributed by atoms with Crippen molar-refractivity contribution in [3.05, 3.63) is 59.7 Å². The molecule has 0 fully saturated rings. The van der Waals surface area contributed by atoms with Crippen molar-refractivity contribution in [2.24, 2.45) is 0 Å². The molecule has 2 rings (SSSR count). The van der Waals surface area contributed by atoms with Crippen LogP contribution in [-0.2, 0) is 6.61 Å². The second-order valence-corrected chi connectivity index (χ2v) is 3.37. The molecular weight excluding hydrogens is 219 g/mol. The number of hydrogen-bond acceptors (Lipinski definition) is 3. The second kappa shape index (κ2) is 5.08. The Kier molecular flexibility index (Phi) is 3.31. The van der Waals surface area contributed by atoms with Gasteiger partial charge in [0.15, 0.2) is 0 Å². The number of hydrogen-bond donors (Lipinski definition) is 0. The molecule has 0 spiro atoms. The first kappa shape index (κ1) is 11.1. The lowest BCUT2D eigenvalue weighted by Crippen LogP contribution is -1.98. The number of halogens is 1. The lowest BCUT2D eigenvalue weighted by molar-refractivity contribution is 0.303. The SMILES string of the molecule is N#Cc1c(F)cccc1OCc1cccnc1. The van der Waals surface area contributed by atoms with Gasteiger partial charge in [-0.3, -0.25) is 4.98 Å². The van der Waals surface area contributed by atoms with E-state index in [4.69, 9.17) is 10.00 Å². The zero-order chi connectivity index (χ0) is 12.1. The first-order valence-electron chi connectivity index (χ1n) is 5.01. The lowest BCUT2D eigenvalue weighted by atomic mass is 10.2. The molecule has 17 heavy (non-hydrogen) atoms. The number of pyridine rings is 1. The van der Waals surface area contributed by atoms with Crippen molar-refractivity contribution in [2.45, 2.75) is 6.61 Å². The molecule has 4 heteroatoms. The van der Waals surface area contributed by atoms with Crippen LogP contribution >= 0.6 is 0 Å². The van der Waals surface area contributed by atoms with Crippen LogP contribution in [0.25, 0.3) is 0 Å². The van der Waals surface area contributed by atoms with Gasteiger partial charge in [-0.15, -0.1) is 0 Å². The topological polar surface area (TPSA) is 45.9 Å². The molecule has 0 atom stereocenters. The van der Waals surface area contributed by atoms with Crippen molar-refractivity contribution in [2.75, 3.05) is 0 Å². The van der Waals surface area contributed by atoms with E-state index >= 15 is 0 Å². The van der Waals surface area contributed by atoms with Gasteiger partial charge < -0.3 is 4.74 Å². The Morgan fingerprint density at radius 1 is 1.29 bits per heavy atom. The Morgan fingerprint density at radius 2 is 2.18 bits per heavy atom. The van der Waals surface area contributed by atoms with Gasteiger partial charge in [0.25, 0.3) is 0 Å². The molecule has 1 aromatic heterocycles. The zero-order valence-electron chi connectivity index (χ0n) is 8.93. The van der Waals surface area contributed by atoms with E-state index in [9.17, 15) is 4.39 Å². The first-order chi connectivity index (χ1) is 8.31. The van der Waals surface area contributed by atoms with Gasteiger partial charge >= 0.3 is 0 Å². The minimum absolute atomic E-state index is 0.0728. The molecule has 0 saturated carbocycles. The van der Waals surface area contributed by atoms with Crippen LogP contribution in [0.5, 0.6) is 5.75 Å². The molecule has 0 saturated heterocycles. The molecule has 3 nitrogen and oxygen atoms in total. The van der Waals surface area contributed by atoms with Crippen molar-refractivity contribution in [3.8, 4) is 11.8 Å². The maximum absolute atomic E-state index is 13.3. The van der Waals surface area contributed by atoms with Crippen molar-refractivity contribution in [1.29, 1.82) is 5.26 Å². The van der Waals surface area contributed by atoms with Crippen LogP contribution in [0.15, 0.2) is 42.7 Å². The predicted molar refractivity (Wildman–Crippen MR) is 59.7 cm³/mol. The fourth-order valence-electron chi connectivity index (χ4n) is 1.38. The van der Waals surface area contributed by atoms with E-state index in [1.165, 1.54) is 12.1 Å². The summed E-state index contributed by atoms with van der Waals surface area (Å²) < 4.78 is 18.7. The molecule has 0 N–H and O–H groups in total. The summed E-state index contributed by atoms with van der Waals surface area (Å²) in [6.07, 6.45) is 3.32. The van der Waals surface area contributed by atoms with E-state index in [1.54, 1.807) is 30.6 Å². The zero-order valence-corrected chi connectivity index (χ0v) is 8.93. The minimum Gasteiger partial charge on any atom is -0.487 e. The fourth-order valence-corrected chi connectivity index (χ4v) is 1.38. The molecule has 0 aliphatic rings. The largest absolute Gasteiger partial charge is 0.487 e. The smallest absolute Gasteiger partial charge is 0.144 e. The summed E-state index contributed by atoms with van der Waals surface area (Å²) in [6.45, 7) is 0.256. The monoisotopic (exact) mass is 228 g/mol. The summed E-state index contributed by atoms with van der Waals surface area (Å²) in [4.78, 5) is 3.94. The summed E-state index contributed by atoms with van der Waals surface area (Å²) in [6, 6.07) is 9.73. The van der Waals surface area contributed by atoms with Gasteiger partial charge in [-0.1, -0.05) is 12.1 Å². The normalized spacial score (nSPS) is 9.65. The number of ether oxygens (including phenoxy) is 1. The van der Waals surface area contributed by atoms with E-state index in [1.807, 2.05) is 6.07 Å². The third kappa shape index (κ3) is 2.58. The molecule has 0 bridgehead atoms. The quantitative estimate of drug-likeness (QED) is 0.811. The highest BCUT2D eigenvalue weighted by Crippen LogP contribution is 2.21. The second-order valence-electron chi connectivity index (χ2n) is 3.37. The highest BCUT2D eigenvalue weighted by molar-refractivity contribution is 5.43. The van der Waals surface area contributed by atoms with Crippen LogP contribution in [0.2, 0.25) is 0 Å². The molecule has 1 aromatic carbocycles. The van der Waals surface area contributed by atoms with Gasteiger partial charge in [0.1, 0.15) is 29.8 Å². The number of benzene rings is 1. The Hall–Kier alpha value is -2.41. The van der Waals surface area contributed by atoms with Gasteiger partial charge in [0, 0.05) is 18.0 Å². The fraction of sp³-hybridized carbons (Fsp3) is 0.0769. The first-order valence-corrected chi connectivity index (χ1v) is 5.01. The van der Waals surface area contributed by atoms with E-state index < -0.39 is 5.82 Å². The van der Waals surface area contributed by atoms with Crippen LogP contribution in [0, 0.1) is 17.1 Å². The summed E-state index contributed by atoms with van der Waals surface area (Å²) in [5.41, 5.74) is 0.789. The van der Waals surface area contributed by atoms with E-state index in [2.05, 4.69) is 4.98 Å². The van der Waals surface area contributed by atoms with Crippen molar-refractivity contribution in [3.63, 3.8) is 0 Å². The van der Waals surface area contributed by atoms with Crippen LogP contribution in [0.4, 0.5) is 4.39 Å². The summed E-state index contributed by atoms with van der Waals surface area (Å²) in [5, 5.41) is 8.81. The Balaban J connectivity index is 2.15. The standard InChI is InChI=1S/C13H9FN2O/c14-12-4-1-5-13(11(12)7-15)17-9-10-3-2-6-16-8-10/h1-6,8H,9H2. The molecule has 0 unspecified atom stereocenters. The average Bonchev–Trinajstić information content (AvgIpc) is 2.37. The highest BCUT2D eigenvalue weighted by atomic mass is 19.1. The average molecular weight is 228 g/mol. The molecule has 0 aliphatic heterocycles. The molecular formula is C13H9FN2O. The van der Waals surface area contributed by atoms with Crippen molar-refractivity contribution < 1.29 is 9.13 Å². The third-order valence-electron chi connectivity index (χ3n) is 2.20. The minimum atomic E-state index is -0.573. The Morgan fingerprint density at radius 3 is 2.88 bits per heavy atom. The van der Waals surface area contributed by atoms with Crippen molar-refractivity contribution >= 4 is 0 Å². The van der Waals surface area contributed by atoms with Crippen LogP contribution in [-0.4, -0.2) is 4.98 Å². The number of nitrogens with zero attached hydrogens (tertiary/aromatic N) is 2.